The molecule has 8 heteroatoms. The van der Waals surface area contributed by atoms with E-state index in [0.29, 0.717) is 32.1 Å². The van der Waals surface area contributed by atoms with E-state index in [-0.39, 0.29) is 25.9 Å². The molecule has 35 heavy (non-hydrogen) atoms. The number of rotatable bonds is 14. The number of aromatic nitrogens is 2. The van der Waals surface area contributed by atoms with Crippen LogP contribution in [0.4, 0.5) is 0 Å². The van der Waals surface area contributed by atoms with Gasteiger partial charge in [0.1, 0.15) is 24.3 Å². The lowest BCUT2D eigenvalue weighted by molar-refractivity contribution is 0.141. The van der Waals surface area contributed by atoms with E-state index in [1.165, 1.54) is 0 Å². The van der Waals surface area contributed by atoms with Gasteiger partial charge in [-0.05, 0) is 35.7 Å². The summed E-state index contributed by atoms with van der Waals surface area (Å²) in [6.45, 7) is 3.81. The van der Waals surface area contributed by atoms with Gasteiger partial charge in [0.25, 0.3) is 0 Å². The van der Waals surface area contributed by atoms with Gasteiger partial charge >= 0.3 is 0 Å². The van der Waals surface area contributed by atoms with Crippen LogP contribution in [0.5, 0.6) is 5.75 Å². The van der Waals surface area contributed by atoms with Gasteiger partial charge in [-0.15, -0.1) is 0 Å². The van der Waals surface area contributed by atoms with Crippen molar-refractivity contribution in [2.24, 2.45) is 0 Å². The first kappa shape index (κ1) is 26.6. The van der Waals surface area contributed by atoms with E-state index in [1.807, 2.05) is 65.6 Å². The standard InChI is InChI=1S/C27H35N3O5/c1-21(34)27-28-12-13-30(27)25(20-33)9-4-22-2-5-23(6-3-22)24-7-10-26(11-8-24)35-19-16-29(14-17-31)15-18-32/h2-13,21,25,31-34H,14-20H2,1H3/b9-4+/t21-,25-/m0/s1. The molecular formula is C27H35N3O5. The summed E-state index contributed by atoms with van der Waals surface area (Å²) in [7, 11) is 0. The van der Waals surface area contributed by atoms with E-state index in [1.54, 1.807) is 23.9 Å². The Kier molecular flexibility index (Phi) is 10.5. The molecule has 0 unspecified atom stereocenters. The first-order valence-corrected chi connectivity index (χ1v) is 11.8. The SMILES string of the molecule is C[C@H](O)c1nccn1[C@@H](/C=C/c1ccc(-c2ccc(OCCN(CCO)CCO)cc2)cc1)CO. The van der Waals surface area contributed by atoms with Gasteiger partial charge in [0.15, 0.2) is 0 Å². The Bertz CT molecular complexity index is 1030. The van der Waals surface area contributed by atoms with Crippen molar-refractivity contribution in [3.8, 4) is 16.9 Å². The Labute approximate surface area is 206 Å². The van der Waals surface area contributed by atoms with Crippen LogP contribution in [-0.2, 0) is 0 Å². The van der Waals surface area contributed by atoms with Crippen LogP contribution in [-0.4, -0.2) is 80.9 Å². The Morgan fingerprint density at radius 3 is 2.14 bits per heavy atom. The summed E-state index contributed by atoms with van der Waals surface area (Å²) in [6.07, 6.45) is 6.51. The topological polar surface area (TPSA) is 111 Å². The zero-order valence-corrected chi connectivity index (χ0v) is 20.1. The first-order chi connectivity index (χ1) is 17.0. The minimum absolute atomic E-state index is 0.0554. The molecule has 3 aromatic rings. The largest absolute Gasteiger partial charge is 0.492 e. The summed E-state index contributed by atoms with van der Waals surface area (Å²) >= 11 is 0. The third kappa shape index (κ3) is 7.74. The molecule has 1 aromatic heterocycles. The summed E-state index contributed by atoms with van der Waals surface area (Å²) in [5.41, 5.74) is 3.15. The molecule has 0 aliphatic carbocycles. The highest BCUT2D eigenvalue weighted by Crippen LogP contribution is 2.24. The van der Waals surface area contributed by atoms with Crippen LogP contribution in [0, 0.1) is 0 Å². The van der Waals surface area contributed by atoms with Gasteiger partial charge in [0.2, 0.25) is 0 Å². The van der Waals surface area contributed by atoms with Gasteiger partial charge in [0.05, 0.1) is 25.9 Å². The Balaban J connectivity index is 1.57. The molecule has 188 valence electrons. The Morgan fingerprint density at radius 1 is 0.943 bits per heavy atom. The molecule has 1 heterocycles. The summed E-state index contributed by atoms with van der Waals surface area (Å²) in [5, 5.41) is 37.8. The van der Waals surface area contributed by atoms with Crippen molar-refractivity contribution in [1.29, 1.82) is 0 Å². The highest BCUT2D eigenvalue weighted by molar-refractivity contribution is 5.66. The quantitative estimate of drug-likeness (QED) is 0.280. The van der Waals surface area contributed by atoms with Crippen molar-refractivity contribution >= 4 is 6.08 Å². The smallest absolute Gasteiger partial charge is 0.137 e. The molecular weight excluding hydrogens is 446 g/mol. The van der Waals surface area contributed by atoms with Crippen molar-refractivity contribution in [3.63, 3.8) is 0 Å². The molecule has 8 nitrogen and oxygen atoms in total. The van der Waals surface area contributed by atoms with Crippen LogP contribution in [0.1, 0.15) is 30.5 Å². The number of benzene rings is 2. The fourth-order valence-corrected chi connectivity index (χ4v) is 3.83. The molecule has 4 N–H and O–H groups in total. The number of aliphatic hydroxyl groups excluding tert-OH is 4. The van der Waals surface area contributed by atoms with E-state index in [2.05, 4.69) is 4.98 Å². The maximum Gasteiger partial charge on any atom is 0.137 e. The van der Waals surface area contributed by atoms with Gasteiger partial charge in [-0.25, -0.2) is 4.98 Å². The molecule has 0 saturated heterocycles. The third-order valence-corrected chi connectivity index (χ3v) is 5.73. The van der Waals surface area contributed by atoms with Crippen LogP contribution >= 0.6 is 0 Å². The number of imidazole rings is 1. The zero-order chi connectivity index (χ0) is 25.0. The van der Waals surface area contributed by atoms with Crippen molar-refractivity contribution in [1.82, 2.24) is 14.5 Å². The van der Waals surface area contributed by atoms with Gasteiger partial charge in [0, 0.05) is 32.0 Å². The fourth-order valence-electron chi connectivity index (χ4n) is 3.83. The van der Waals surface area contributed by atoms with Crippen molar-refractivity contribution in [2.45, 2.75) is 19.1 Å². The third-order valence-electron chi connectivity index (χ3n) is 5.73. The van der Waals surface area contributed by atoms with E-state index in [4.69, 9.17) is 14.9 Å². The lowest BCUT2D eigenvalue weighted by Crippen LogP contribution is -2.33. The van der Waals surface area contributed by atoms with Crippen LogP contribution in [0.3, 0.4) is 0 Å². The summed E-state index contributed by atoms with van der Waals surface area (Å²) in [4.78, 5) is 6.12. The van der Waals surface area contributed by atoms with Gasteiger partial charge in [-0.2, -0.15) is 0 Å². The van der Waals surface area contributed by atoms with Crippen molar-refractivity contribution in [3.05, 3.63) is 78.4 Å². The van der Waals surface area contributed by atoms with Gasteiger partial charge < -0.3 is 29.7 Å². The van der Waals surface area contributed by atoms with Crippen LogP contribution in [0.25, 0.3) is 17.2 Å². The molecule has 0 bridgehead atoms. The second-order valence-electron chi connectivity index (χ2n) is 8.26. The van der Waals surface area contributed by atoms with Crippen LogP contribution < -0.4 is 4.74 Å². The molecule has 2 atom stereocenters. The van der Waals surface area contributed by atoms with E-state index < -0.39 is 6.10 Å². The zero-order valence-electron chi connectivity index (χ0n) is 20.1. The molecule has 0 amide bonds. The number of ether oxygens (including phenoxy) is 1. The summed E-state index contributed by atoms with van der Waals surface area (Å²) in [5.74, 6) is 1.29. The predicted molar refractivity (Wildman–Crippen MR) is 136 cm³/mol. The molecule has 0 aliphatic rings. The summed E-state index contributed by atoms with van der Waals surface area (Å²) < 4.78 is 7.57. The van der Waals surface area contributed by atoms with E-state index in [9.17, 15) is 10.2 Å². The minimum Gasteiger partial charge on any atom is -0.492 e. The molecule has 0 saturated carbocycles. The summed E-state index contributed by atoms with van der Waals surface area (Å²) in [6, 6.07) is 15.7. The highest BCUT2D eigenvalue weighted by atomic mass is 16.5. The Morgan fingerprint density at radius 2 is 1.57 bits per heavy atom. The molecule has 0 radical (unpaired) electrons. The van der Waals surface area contributed by atoms with Gasteiger partial charge in [-0.1, -0.05) is 48.6 Å². The molecule has 3 rings (SSSR count). The monoisotopic (exact) mass is 481 g/mol. The van der Waals surface area contributed by atoms with Crippen LogP contribution in [0.15, 0.2) is 67.0 Å². The van der Waals surface area contributed by atoms with E-state index in [0.717, 1.165) is 22.4 Å². The lowest BCUT2D eigenvalue weighted by atomic mass is 10.0. The minimum atomic E-state index is -0.712. The number of hydrogen-bond acceptors (Lipinski definition) is 7. The second kappa shape index (κ2) is 13.8. The number of aliphatic hydroxyl groups is 4. The van der Waals surface area contributed by atoms with Crippen molar-refractivity contribution < 1.29 is 25.2 Å². The molecule has 0 spiro atoms. The number of hydrogen-bond donors (Lipinski definition) is 4. The number of nitrogens with zero attached hydrogens (tertiary/aromatic N) is 3. The average Bonchev–Trinajstić information content (AvgIpc) is 3.36. The fraction of sp³-hybridized carbons (Fsp3) is 0.370. The van der Waals surface area contributed by atoms with Crippen molar-refractivity contribution in [2.75, 3.05) is 46.1 Å². The maximum absolute atomic E-state index is 9.87. The molecule has 0 fully saturated rings. The second-order valence-corrected chi connectivity index (χ2v) is 8.26. The van der Waals surface area contributed by atoms with E-state index >= 15 is 0 Å². The maximum atomic E-state index is 9.87. The van der Waals surface area contributed by atoms with Crippen LogP contribution in [0.2, 0.25) is 0 Å². The lowest BCUT2D eigenvalue weighted by Gasteiger charge is -2.20. The Hall–Kier alpha value is -3.01. The molecule has 0 aliphatic heterocycles. The first-order valence-electron chi connectivity index (χ1n) is 11.8. The normalized spacial score (nSPS) is 13.4. The van der Waals surface area contributed by atoms with Gasteiger partial charge in [-0.3, -0.25) is 4.90 Å². The average molecular weight is 482 g/mol. The highest BCUT2D eigenvalue weighted by Gasteiger charge is 2.14. The molecule has 2 aromatic carbocycles. The predicted octanol–water partition coefficient (Wildman–Crippen LogP) is 2.52.